The molecule has 4 aromatic rings. The highest BCUT2D eigenvalue weighted by atomic mass is 14.7. The molecule has 4 rings (SSSR count). The van der Waals surface area contributed by atoms with Gasteiger partial charge in [0.1, 0.15) is 0 Å². The van der Waals surface area contributed by atoms with Gasteiger partial charge in [-0.25, -0.2) is 0 Å². The van der Waals surface area contributed by atoms with Crippen molar-refractivity contribution in [3.05, 3.63) is 102 Å². The first kappa shape index (κ1) is 13.7. The molecule has 1 nitrogen and oxygen atoms in total. The lowest BCUT2D eigenvalue weighted by Gasteiger charge is -2.07. The van der Waals surface area contributed by atoms with Gasteiger partial charge in [0.2, 0.25) is 0 Å². The average molecular weight is 295 g/mol. The molecule has 23 heavy (non-hydrogen) atoms. The molecule has 0 aliphatic heterocycles. The van der Waals surface area contributed by atoms with Crippen molar-refractivity contribution in [2.45, 2.75) is 6.42 Å². The first-order valence-electron chi connectivity index (χ1n) is 7.87. The number of benzene rings is 3. The zero-order chi connectivity index (χ0) is 15.5. The highest BCUT2D eigenvalue weighted by Crippen LogP contribution is 2.22. The monoisotopic (exact) mass is 295 g/mol. The Hall–Kier alpha value is -2.93. The fraction of sp³-hybridized carbons (Fsp3) is 0.0455. The lowest BCUT2D eigenvalue weighted by molar-refractivity contribution is 1.10. The number of nitrogens with zero attached hydrogens (tertiary/aromatic N) is 1. The van der Waals surface area contributed by atoms with Gasteiger partial charge in [0.25, 0.3) is 0 Å². The van der Waals surface area contributed by atoms with Crippen molar-refractivity contribution in [2.75, 3.05) is 0 Å². The van der Waals surface area contributed by atoms with Crippen LogP contribution in [0.4, 0.5) is 0 Å². The van der Waals surface area contributed by atoms with E-state index in [1.807, 2.05) is 12.3 Å². The fourth-order valence-corrected chi connectivity index (χ4v) is 2.96. The van der Waals surface area contributed by atoms with Crippen LogP contribution in [0.1, 0.15) is 11.3 Å². The third-order valence-electron chi connectivity index (χ3n) is 4.19. The van der Waals surface area contributed by atoms with Gasteiger partial charge < -0.3 is 0 Å². The minimum atomic E-state index is 0.858. The van der Waals surface area contributed by atoms with E-state index in [1.165, 1.54) is 27.5 Å². The maximum Gasteiger partial charge on any atom is 0.0525 e. The summed E-state index contributed by atoms with van der Waals surface area (Å²) >= 11 is 0. The molecular formula is C22H17N. The van der Waals surface area contributed by atoms with E-state index in [2.05, 4.69) is 83.8 Å². The predicted octanol–water partition coefficient (Wildman–Crippen LogP) is 5.49. The molecule has 0 spiro atoms. The average Bonchev–Trinajstić information content (AvgIpc) is 2.63. The topological polar surface area (TPSA) is 12.9 Å². The first-order valence-corrected chi connectivity index (χ1v) is 7.87. The van der Waals surface area contributed by atoms with Crippen LogP contribution >= 0.6 is 0 Å². The lowest BCUT2D eigenvalue weighted by atomic mass is 10.0. The molecule has 0 unspecified atom stereocenters. The Morgan fingerprint density at radius 2 is 1.30 bits per heavy atom. The SMILES string of the molecule is c1ccc(-c2ccc(Cc3nccc4ccccc34)cc2)cc1. The first-order chi connectivity index (χ1) is 11.4. The Labute approximate surface area is 136 Å². The van der Waals surface area contributed by atoms with E-state index < -0.39 is 0 Å². The predicted molar refractivity (Wildman–Crippen MR) is 96.4 cm³/mol. The van der Waals surface area contributed by atoms with Gasteiger partial charge in [-0.1, -0.05) is 78.9 Å². The normalized spacial score (nSPS) is 10.8. The molecule has 0 atom stereocenters. The van der Waals surface area contributed by atoms with E-state index in [0.717, 1.165) is 12.1 Å². The van der Waals surface area contributed by atoms with Gasteiger partial charge in [-0.2, -0.15) is 0 Å². The maximum atomic E-state index is 4.58. The molecule has 0 aliphatic carbocycles. The zero-order valence-electron chi connectivity index (χ0n) is 12.8. The molecule has 0 saturated carbocycles. The number of pyridine rings is 1. The van der Waals surface area contributed by atoms with Crippen molar-refractivity contribution in [1.82, 2.24) is 4.98 Å². The second kappa shape index (κ2) is 6.05. The Bertz CT molecular complexity index is 919. The summed E-state index contributed by atoms with van der Waals surface area (Å²) in [7, 11) is 0. The minimum absolute atomic E-state index is 0.858. The third-order valence-corrected chi connectivity index (χ3v) is 4.19. The molecular weight excluding hydrogens is 278 g/mol. The summed E-state index contributed by atoms with van der Waals surface area (Å²) in [5.41, 5.74) is 4.92. The molecule has 0 radical (unpaired) electrons. The van der Waals surface area contributed by atoms with Gasteiger partial charge in [0, 0.05) is 18.0 Å². The Morgan fingerprint density at radius 3 is 2.13 bits per heavy atom. The van der Waals surface area contributed by atoms with Gasteiger partial charge in [-0.05, 0) is 28.1 Å². The standard InChI is InChI=1S/C22H17N/c1-2-6-18(7-3-1)19-12-10-17(11-13-19)16-22-21-9-5-4-8-20(21)14-15-23-22/h1-15H,16H2. The summed E-state index contributed by atoms with van der Waals surface area (Å²) in [6.07, 6.45) is 2.76. The Morgan fingerprint density at radius 1 is 0.609 bits per heavy atom. The summed E-state index contributed by atoms with van der Waals surface area (Å²) in [6.45, 7) is 0. The Balaban J connectivity index is 1.64. The largest absolute Gasteiger partial charge is 0.260 e. The summed E-state index contributed by atoms with van der Waals surface area (Å²) < 4.78 is 0. The smallest absolute Gasteiger partial charge is 0.0525 e. The molecule has 3 aromatic carbocycles. The van der Waals surface area contributed by atoms with Crippen molar-refractivity contribution >= 4 is 10.8 Å². The fourth-order valence-electron chi connectivity index (χ4n) is 2.96. The molecule has 0 saturated heterocycles. The van der Waals surface area contributed by atoms with E-state index in [1.54, 1.807) is 0 Å². The second-order valence-corrected chi connectivity index (χ2v) is 5.72. The van der Waals surface area contributed by atoms with Crippen LogP contribution in [0.5, 0.6) is 0 Å². The van der Waals surface area contributed by atoms with Crippen molar-refractivity contribution in [2.24, 2.45) is 0 Å². The van der Waals surface area contributed by atoms with Crippen LogP contribution < -0.4 is 0 Å². The van der Waals surface area contributed by atoms with Gasteiger partial charge in [0.05, 0.1) is 5.69 Å². The van der Waals surface area contributed by atoms with Gasteiger partial charge in [-0.15, -0.1) is 0 Å². The van der Waals surface area contributed by atoms with Gasteiger partial charge in [-0.3, -0.25) is 4.98 Å². The number of hydrogen-bond donors (Lipinski definition) is 0. The quantitative estimate of drug-likeness (QED) is 0.487. The van der Waals surface area contributed by atoms with Crippen LogP contribution in [-0.2, 0) is 6.42 Å². The van der Waals surface area contributed by atoms with Crippen LogP contribution in [0.15, 0.2) is 91.1 Å². The molecule has 0 N–H and O–H groups in total. The van der Waals surface area contributed by atoms with Gasteiger partial charge >= 0.3 is 0 Å². The summed E-state index contributed by atoms with van der Waals surface area (Å²) in [4.78, 5) is 4.58. The van der Waals surface area contributed by atoms with Crippen LogP contribution in [-0.4, -0.2) is 4.98 Å². The zero-order valence-corrected chi connectivity index (χ0v) is 12.8. The summed E-state index contributed by atoms with van der Waals surface area (Å²) in [5, 5.41) is 2.49. The van der Waals surface area contributed by atoms with E-state index in [-0.39, 0.29) is 0 Å². The van der Waals surface area contributed by atoms with E-state index >= 15 is 0 Å². The van der Waals surface area contributed by atoms with Crippen LogP contribution in [0, 0.1) is 0 Å². The van der Waals surface area contributed by atoms with Crippen LogP contribution in [0.3, 0.4) is 0 Å². The lowest BCUT2D eigenvalue weighted by Crippen LogP contribution is -1.93. The maximum absolute atomic E-state index is 4.58. The number of hydrogen-bond acceptors (Lipinski definition) is 1. The molecule has 1 aromatic heterocycles. The number of rotatable bonds is 3. The van der Waals surface area contributed by atoms with Crippen molar-refractivity contribution in [1.29, 1.82) is 0 Å². The van der Waals surface area contributed by atoms with Crippen LogP contribution in [0.2, 0.25) is 0 Å². The summed E-state index contributed by atoms with van der Waals surface area (Å²) in [5.74, 6) is 0. The number of aromatic nitrogens is 1. The highest BCUT2D eigenvalue weighted by molar-refractivity contribution is 5.84. The van der Waals surface area contributed by atoms with E-state index in [4.69, 9.17) is 0 Å². The molecule has 0 bridgehead atoms. The molecule has 1 heteroatoms. The summed E-state index contributed by atoms with van der Waals surface area (Å²) in [6, 6.07) is 29.8. The van der Waals surface area contributed by atoms with Crippen molar-refractivity contribution in [3.63, 3.8) is 0 Å². The van der Waals surface area contributed by atoms with Crippen molar-refractivity contribution < 1.29 is 0 Å². The second-order valence-electron chi connectivity index (χ2n) is 5.72. The van der Waals surface area contributed by atoms with E-state index in [0.29, 0.717) is 0 Å². The Kier molecular flexibility index (Phi) is 3.61. The molecule has 110 valence electrons. The molecule has 1 heterocycles. The molecule has 0 fully saturated rings. The van der Waals surface area contributed by atoms with Gasteiger partial charge in [0.15, 0.2) is 0 Å². The molecule has 0 aliphatic rings. The minimum Gasteiger partial charge on any atom is -0.260 e. The van der Waals surface area contributed by atoms with Crippen molar-refractivity contribution in [3.8, 4) is 11.1 Å². The highest BCUT2D eigenvalue weighted by Gasteiger charge is 2.04. The van der Waals surface area contributed by atoms with Crippen LogP contribution in [0.25, 0.3) is 21.9 Å². The van der Waals surface area contributed by atoms with E-state index in [9.17, 15) is 0 Å². The third kappa shape index (κ3) is 2.86. The molecule has 0 amide bonds. The number of fused-ring (bicyclic) bond motifs is 1.